The Labute approximate surface area is 771 Å². The number of hydrogen-bond acceptors (Lipinski definition) is 12. The third-order valence-electron chi connectivity index (χ3n) is 24.5. The molecule has 0 aliphatic carbocycles. The van der Waals surface area contributed by atoms with E-state index in [1.165, 1.54) is 21.5 Å². The van der Waals surface area contributed by atoms with Crippen LogP contribution in [0, 0.1) is 0 Å². The molecule has 0 unspecified atom stereocenters. The zero-order chi connectivity index (χ0) is 89.9. The molecule has 14 heterocycles. The molecule has 134 heavy (non-hydrogen) atoms. The number of rotatable bonds is 12. The van der Waals surface area contributed by atoms with Crippen molar-refractivity contribution in [3.8, 4) is 114 Å². The van der Waals surface area contributed by atoms with Gasteiger partial charge in [-0.1, -0.05) is 210 Å². The molecule has 0 saturated carbocycles. The van der Waals surface area contributed by atoms with Gasteiger partial charge in [0.15, 0.2) is 11.6 Å². The summed E-state index contributed by atoms with van der Waals surface area (Å²) in [6, 6.07) is 102. The van der Waals surface area contributed by atoms with Gasteiger partial charge in [-0.05, 0) is 127 Å². The molecule has 0 aliphatic rings. The lowest BCUT2D eigenvalue weighted by Gasteiger charge is -2.07. The summed E-state index contributed by atoms with van der Waals surface area (Å²) in [6.45, 7) is 1.58. The molecule has 23 heteroatoms. The first kappa shape index (κ1) is 80.6. The predicted octanol–water partition coefficient (Wildman–Crippen LogP) is 27.2. The Morgan fingerprint density at radius 3 is 1.34 bits per heavy atom. The maximum atomic E-state index is 11.7. The van der Waals surface area contributed by atoms with Gasteiger partial charge >= 0.3 is 0 Å². The molecule has 22 nitrogen and oxygen atoms in total. The van der Waals surface area contributed by atoms with Gasteiger partial charge in [0.1, 0.15) is 40.3 Å². The number of carbonyl (C=O) groups is 1. The summed E-state index contributed by atoms with van der Waals surface area (Å²) >= 11 is 3.58. The number of hydrogen-bond donors (Lipinski definition) is 10. The van der Waals surface area contributed by atoms with Crippen LogP contribution in [0.5, 0.6) is 11.5 Å². The lowest BCUT2D eigenvalue weighted by Crippen LogP contribution is -1.90. The number of ketones is 1. The summed E-state index contributed by atoms with van der Waals surface area (Å²) in [5.74, 6) is 5.77. The number of H-pyrrole nitrogens is 10. The van der Waals surface area contributed by atoms with E-state index >= 15 is 0 Å². The highest BCUT2D eigenvalue weighted by Gasteiger charge is 2.25. The fraction of sp³-hybridized carbons (Fsp3) is 0.0270. The van der Waals surface area contributed by atoms with E-state index < -0.39 is 0 Å². The molecule has 0 saturated heterocycles. The maximum absolute atomic E-state index is 11.7. The predicted molar refractivity (Wildman–Crippen MR) is 543 cm³/mol. The van der Waals surface area contributed by atoms with E-state index in [0.717, 1.165) is 238 Å². The van der Waals surface area contributed by atoms with Crippen molar-refractivity contribution in [2.75, 3.05) is 14.2 Å². The first-order valence-electron chi connectivity index (χ1n) is 43.7. The largest absolute Gasteiger partial charge is 0.497 e. The Bertz CT molecular complexity index is 8590. The number of aromatic nitrogens is 19. The highest BCUT2D eigenvalue weighted by atomic mass is 79.9. The molecule has 10 N–H and O–H groups in total. The minimum Gasteiger partial charge on any atom is -0.497 e. The van der Waals surface area contributed by atoms with Gasteiger partial charge in [0.05, 0.1) is 92.3 Å². The number of methoxy groups -OCH3 is 2. The van der Waals surface area contributed by atoms with Gasteiger partial charge in [-0.3, -0.25) is 24.7 Å². The Balaban J connectivity index is 0.0000000949. The lowest BCUT2D eigenvalue weighted by molar-refractivity contribution is 0.101. The third-order valence-corrected chi connectivity index (χ3v) is 25.0. The molecule has 642 valence electrons. The van der Waals surface area contributed by atoms with Crippen molar-refractivity contribution in [3.05, 3.63) is 369 Å². The monoisotopic (exact) mass is 1800 g/mol. The Hall–Kier alpha value is -18.0. The van der Waals surface area contributed by atoms with Gasteiger partial charge in [0, 0.05) is 186 Å². The Kier molecular flexibility index (Phi) is 20.6. The number of Topliss-reactive ketones (excluding diaryl/α,β-unsaturated/α-hetero) is 1. The minimum absolute atomic E-state index is 0.0544. The Morgan fingerprint density at radius 1 is 0.284 bits per heavy atom. The van der Waals surface area contributed by atoms with Crippen molar-refractivity contribution in [3.63, 3.8) is 0 Å². The average Bonchev–Trinajstić information content (AvgIpc) is 1.53. The van der Waals surface area contributed by atoms with Crippen molar-refractivity contribution < 1.29 is 14.3 Å². The van der Waals surface area contributed by atoms with Crippen molar-refractivity contribution in [1.29, 1.82) is 0 Å². The summed E-state index contributed by atoms with van der Waals surface area (Å²) in [6.07, 6.45) is 17.1. The molecule has 0 bridgehead atoms. The van der Waals surface area contributed by atoms with Gasteiger partial charge in [0.2, 0.25) is 0 Å². The molecule has 0 fully saturated rings. The van der Waals surface area contributed by atoms with Crippen molar-refractivity contribution >= 4 is 164 Å². The zero-order valence-electron chi connectivity index (χ0n) is 72.2. The van der Waals surface area contributed by atoms with E-state index in [1.807, 2.05) is 207 Å². The molecule has 0 spiro atoms. The van der Waals surface area contributed by atoms with Crippen LogP contribution in [0.2, 0.25) is 0 Å². The number of pyridine rings is 4. The van der Waals surface area contributed by atoms with Crippen LogP contribution >= 0.6 is 15.9 Å². The molecular weight excluding hydrogens is 1730 g/mol. The number of benzene rings is 13. The second-order valence-corrected chi connectivity index (χ2v) is 33.3. The van der Waals surface area contributed by atoms with Crippen LogP contribution in [0.15, 0.2) is 364 Å². The fourth-order valence-corrected chi connectivity index (χ4v) is 18.5. The molecule has 0 radical (unpaired) electrons. The number of para-hydroxylation sites is 2. The van der Waals surface area contributed by atoms with E-state index in [-0.39, 0.29) is 5.78 Å². The van der Waals surface area contributed by atoms with Crippen LogP contribution in [-0.4, -0.2) is 115 Å². The topological polar surface area (TPSA) is 309 Å². The van der Waals surface area contributed by atoms with Crippen LogP contribution in [-0.2, 0) is 0 Å². The van der Waals surface area contributed by atoms with E-state index in [2.05, 4.69) is 225 Å². The number of carbonyl (C=O) groups excluding carboxylic acids is 1. The number of imidazole rings is 5. The van der Waals surface area contributed by atoms with Crippen molar-refractivity contribution in [2.45, 2.75) is 6.92 Å². The minimum atomic E-state index is 0.0544. The number of nitrogens with one attached hydrogen (secondary N) is 10. The Morgan fingerprint density at radius 2 is 0.709 bits per heavy atom. The highest BCUT2D eigenvalue weighted by molar-refractivity contribution is 9.10. The second kappa shape index (κ2) is 34.2. The standard InChI is InChI=1S/C25H20BrN3O2.C25H19N3O.2C21H13N5.C19H13N3/c1-30-18-7-3-5-15(11-18)23-24(16-6-4-8-19(12-16)31-2)29-25(28-23)21-14-27-22-10-9-17(26)13-20(21)22;1-16(29)19-12-13-20-21(15-26-22(20)14-19)25-27-23(17-8-4-2-5-9-17)24(28-25)18-10-6-3-7-11-18;1-2-8-16-12(5-1)15(11-24-16)21-25-19-13-6-3-9-22-17(13)18-14(20(19)26-21)7-4-10-23-18;1-2-8-16-12(5-1)15(11-24-16)21-25-19-17-13(6-3-9-22-17)14-7-4-10-23-18(14)20(19)26-21;1-3-8-14-12(6-1)13-7-2-4-9-15(13)18-17(14)21-19(22-18)16-10-5-11-20-16/h3-14,27H,1-2H3,(H,28,29);2-15,26H,1H3,(H,27,28);2*1-11,24H,(H,25,26);1-11,20H,(H,21,22). The summed E-state index contributed by atoms with van der Waals surface area (Å²) in [7, 11) is 3.34. The van der Waals surface area contributed by atoms with Crippen LogP contribution < -0.4 is 9.47 Å². The summed E-state index contributed by atoms with van der Waals surface area (Å²) in [5.41, 5.74) is 27.2. The van der Waals surface area contributed by atoms with E-state index in [0.29, 0.717) is 5.56 Å². The zero-order valence-corrected chi connectivity index (χ0v) is 73.8. The van der Waals surface area contributed by atoms with Crippen LogP contribution in [0.25, 0.3) is 244 Å². The molecule has 27 aromatic rings. The molecule has 13 aromatic carbocycles. The van der Waals surface area contributed by atoms with Gasteiger partial charge < -0.3 is 59.3 Å². The smallest absolute Gasteiger partial charge is 0.159 e. The summed E-state index contributed by atoms with van der Waals surface area (Å²) < 4.78 is 11.9. The first-order chi connectivity index (χ1) is 66.1. The SMILES string of the molecule is CC(=O)c1ccc2c(-c3nc(-c4ccccc4)c(-c4ccccc4)[nH]3)c[nH]c2c1.COc1cccc(-c2nc(-c3c[nH]c4ccc(Br)cc34)[nH]c2-c2cccc(OC)c2)c1.c1c[nH]c(-c2nc3c4ccccc4c4ccccc4c3[nH]2)c1.c1ccc2c(-c3nc4c5cccnc5c5ncccc5c4[nH]3)c[nH]c2c1.c1ccc2c(-c3nc4c5ncccc5c5cccnc5c4[nH]3)c[nH]c2c1. The molecule has 0 aliphatic heterocycles. The van der Waals surface area contributed by atoms with Crippen molar-refractivity contribution in [1.82, 2.24) is 94.7 Å². The number of ether oxygens (including phenoxy) is 2. The number of aromatic amines is 10. The number of halogens is 1. The maximum Gasteiger partial charge on any atom is 0.159 e. The van der Waals surface area contributed by atoms with Gasteiger partial charge in [-0.2, -0.15) is 0 Å². The van der Waals surface area contributed by atoms with E-state index in [4.69, 9.17) is 34.4 Å². The average molecular weight is 1810 g/mol. The first-order valence-corrected chi connectivity index (χ1v) is 44.4. The summed E-state index contributed by atoms with van der Waals surface area (Å²) in [4.78, 5) is 88.8. The quantitative estimate of drug-likeness (QED) is 0.0403. The fourth-order valence-electron chi connectivity index (χ4n) is 18.1. The van der Waals surface area contributed by atoms with Crippen LogP contribution in [0.1, 0.15) is 17.3 Å². The molecule has 27 rings (SSSR count). The second-order valence-electron chi connectivity index (χ2n) is 32.4. The van der Waals surface area contributed by atoms with E-state index in [1.54, 1.807) is 33.5 Å². The summed E-state index contributed by atoms with van der Waals surface area (Å²) in [5, 5.41) is 13.5. The van der Waals surface area contributed by atoms with Crippen molar-refractivity contribution in [2.24, 2.45) is 0 Å². The third kappa shape index (κ3) is 14.7. The lowest BCUT2D eigenvalue weighted by atomic mass is 10.0. The van der Waals surface area contributed by atoms with Gasteiger partial charge in [-0.25, -0.2) is 24.9 Å². The molecule has 14 aromatic heterocycles. The molecule has 0 amide bonds. The highest BCUT2D eigenvalue weighted by Crippen LogP contribution is 2.44. The normalized spacial score (nSPS) is 11.5. The van der Waals surface area contributed by atoms with Gasteiger partial charge in [-0.15, -0.1) is 0 Å². The van der Waals surface area contributed by atoms with Crippen LogP contribution in [0.4, 0.5) is 0 Å². The number of nitrogens with zero attached hydrogens (tertiary/aromatic N) is 9. The van der Waals surface area contributed by atoms with Crippen LogP contribution in [0.3, 0.4) is 0 Å². The number of fused-ring (bicyclic) bond motifs is 22. The van der Waals surface area contributed by atoms with E-state index in [9.17, 15) is 4.79 Å². The van der Waals surface area contributed by atoms with Gasteiger partial charge in [0.25, 0.3) is 0 Å². The molecular formula is C111H78BrN19O3. The molecule has 0 atom stereocenters.